The first-order valence-electron chi connectivity index (χ1n) is 4.94. The summed E-state index contributed by atoms with van der Waals surface area (Å²) in [6.45, 7) is 3.98. The lowest BCUT2D eigenvalue weighted by Gasteiger charge is -2.02. The van der Waals surface area contributed by atoms with E-state index in [-0.39, 0.29) is 0 Å². The van der Waals surface area contributed by atoms with Crippen LogP contribution in [0.4, 0.5) is 0 Å². The Kier molecular flexibility index (Phi) is 1.43. The van der Waals surface area contributed by atoms with Crippen molar-refractivity contribution in [3.8, 4) is 0 Å². The predicted octanol–water partition coefficient (Wildman–Crippen LogP) is 1.78. The van der Waals surface area contributed by atoms with E-state index in [4.69, 9.17) is 0 Å². The van der Waals surface area contributed by atoms with Crippen LogP contribution in [-0.4, -0.2) is 20.0 Å². The third kappa shape index (κ3) is 0.967. The molecule has 0 atom stereocenters. The van der Waals surface area contributed by atoms with Crippen LogP contribution in [0.3, 0.4) is 0 Å². The highest BCUT2D eigenvalue weighted by Gasteiger charge is 2.27. The van der Waals surface area contributed by atoms with E-state index in [0.29, 0.717) is 6.04 Å². The van der Waals surface area contributed by atoms with E-state index in [9.17, 15) is 0 Å². The zero-order chi connectivity index (χ0) is 9.71. The van der Waals surface area contributed by atoms with E-state index < -0.39 is 0 Å². The van der Waals surface area contributed by atoms with Crippen LogP contribution >= 0.6 is 0 Å². The van der Waals surface area contributed by atoms with Crippen molar-refractivity contribution < 1.29 is 0 Å². The van der Waals surface area contributed by atoms with Gasteiger partial charge in [0.15, 0.2) is 0 Å². The maximum atomic E-state index is 4.42. The van der Waals surface area contributed by atoms with Gasteiger partial charge in [0.25, 0.3) is 0 Å². The second-order valence-electron chi connectivity index (χ2n) is 3.95. The average molecular weight is 188 g/mol. The molecular formula is C10H12N4. The quantitative estimate of drug-likeness (QED) is 0.685. The fraction of sp³-hybridized carbons (Fsp3) is 0.500. The third-order valence-corrected chi connectivity index (χ3v) is 2.77. The molecule has 4 heteroatoms. The number of hydrogen-bond donors (Lipinski definition) is 0. The van der Waals surface area contributed by atoms with Gasteiger partial charge in [0.2, 0.25) is 0 Å². The number of fused-ring (bicyclic) bond motifs is 1. The lowest BCUT2D eigenvalue weighted by Crippen LogP contribution is -2.00. The highest BCUT2D eigenvalue weighted by Crippen LogP contribution is 2.37. The summed E-state index contributed by atoms with van der Waals surface area (Å²) in [6, 6.07) is 0.606. The van der Waals surface area contributed by atoms with Gasteiger partial charge in [-0.2, -0.15) is 15.3 Å². The van der Waals surface area contributed by atoms with Crippen LogP contribution in [0, 0.1) is 13.8 Å². The minimum Gasteiger partial charge on any atom is -0.260 e. The number of hydrogen-bond acceptors (Lipinski definition) is 3. The van der Waals surface area contributed by atoms with E-state index in [0.717, 1.165) is 16.8 Å². The van der Waals surface area contributed by atoms with Gasteiger partial charge in [-0.1, -0.05) is 0 Å². The topological polar surface area (TPSA) is 43.6 Å². The molecule has 0 aliphatic heterocycles. The van der Waals surface area contributed by atoms with Crippen LogP contribution in [0.25, 0.3) is 10.9 Å². The zero-order valence-electron chi connectivity index (χ0n) is 8.36. The largest absolute Gasteiger partial charge is 0.260 e. The van der Waals surface area contributed by atoms with Crippen LogP contribution in [0.1, 0.15) is 30.3 Å². The summed E-state index contributed by atoms with van der Waals surface area (Å²) in [5.74, 6) is 0. The van der Waals surface area contributed by atoms with Crippen molar-refractivity contribution >= 4 is 10.9 Å². The molecule has 0 amide bonds. The summed E-state index contributed by atoms with van der Waals surface area (Å²) in [6.07, 6.45) is 4.40. The van der Waals surface area contributed by atoms with Crippen molar-refractivity contribution in [2.45, 2.75) is 32.7 Å². The summed E-state index contributed by atoms with van der Waals surface area (Å²) in [7, 11) is 0. The van der Waals surface area contributed by atoms with Gasteiger partial charge in [0.05, 0.1) is 29.1 Å². The first-order valence-corrected chi connectivity index (χ1v) is 4.94. The second-order valence-corrected chi connectivity index (χ2v) is 3.95. The van der Waals surface area contributed by atoms with Gasteiger partial charge >= 0.3 is 0 Å². The van der Waals surface area contributed by atoms with Crippen LogP contribution in [0.2, 0.25) is 0 Å². The van der Waals surface area contributed by atoms with Crippen LogP contribution in [0.15, 0.2) is 6.20 Å². The molecule has 0 aromatic carbocycles. The Morgan fingerprint density at radius 1 is 1.21 bits per heavy atom. The molecule has 0 unspecified atom stereocenters. The Labute approximate surface area is 81.9 Å². The summed E-state index contributed by atoms with van der Waals surface area (Å²) in [5, 5.41) is 13.8. The summed E-state index contributed by atoms with van der Waals surface area (Å²) >= 11 is 0. The molecule has 72 valence electrons. The van der Waals surface area contributed by atoms with Crippen LogP contribution in [-0.2, 0) is 0 Å². The van der Waals surface area contributed by atoms with Crippen molar-refractivity contribution in [2.75, 3.05) is 0 Å². The number of rotatable bonds is 1. The van der Waals surface area contributed by atoms with Crippen molar-refractivity contribution in [3.05, 3.63) is 17.6 Å². The lowest BCUT2D eigenvalue weighted by atomic mass is 10.2. The molecule has 3 rings (SSSR count). The molecule has 0 N–H and O–H groups in total. The highest BCUT2D eigenvalue weighted by molar-refractivity contribution is 5.82. The van der Waals surface area contributed by atoms with E-state index in [1.165, 1.54) is 18.4 Å². The molecule has 0 spiro atoms. The van der Waals surface area contributed by atoms with Gasteiger partial charge in [-0.15, -0.1) is 0 Å². The highest BCUT2D eigenvalue weighted by atomic mass is 15.3. The Balaban J connectivity index is 2.37. The molecular weight excluding hydrogens is 176 g/mol. The first kappa shape index (κ1) is 7.91. The van der Waals surface area contributed by atoms with Crippen molar-refractivity contribution in [3.63, 3.8) is 0 Å². The fourth-order valence-corrected chi connectivity index (χ4v) is 1.83. The number of aryl methyl sites for hydroxylation is 2. The minimum absolute atomic E-state index is 0.606. The monoisotopic (exact) mass is 188 g/mol. The van der Waals surface area contributed by atoms with E-state index in [1.54, 1.807) is 0 Å². The SMILES string of the molecule is Cc1nnc(C)c2c1cnn2C1CC1. The van der Waals surface area contributed by atoms with Gasteiger partial charge in [-0.05, 0) is 26.7 Å². The van der Waals surface area contributed by atoms with Gasteiger partial charge in [-0.3, -0.25) is 4.68 Å². The third-order valence-electron chi connectivity index (χ3n) is 2.77. The fourth-order valence-electron chi connectivity index (χ4n) is 1.83. The summed E-state index contributed by atoms with van der Waals surface area (Å²) in [4.78, 5) is 0. The number of aromatic nitrogens is 4. The first-order chi connectivity index (χ1) is 6.77. The standard InChI is InChI=1S/C10H12N4/c1-6-9-5-11-14(8-3-4-8)10(9)7(2)13-12-6/h5,8H,3-4H2,1-2H3. The Morgan fingerprint density at radius 3 is 2.64 bits per heavy atom. The normalized spacial score (nSPS) is 16.4. The van der Waals surface area contributed by atoms with Gasteiger partial charge in [0.1, 0.15) is 0 Å². The number of nitrogens with zero attached hydrogens (tertiary/aromatic N) is 4. The van der Waals surface area contributed by atoms with E-state index >= 15 is 0 Å². The smallest absolute Gasteiger partial charge is 0.0935 e. The van der Waals surface area contributed by atoms with Crippen molar-refractivity contribution in [1.82, 2.24) is 20.0 Å². The average Bonchev–Trinajstić information content (AvgIpc) is 2.91. The molecule has 1 saturated carbocycles. The molecule has 1 fully saturated rings. The van der Waals surface area contributed by atoms with E-state index in [2.05, 4.69) is 20.0 Å². The minimum atomic E-state index is 0.606. The molecule has 4 nitrogen and oxygen atoms in total. The lowest BCUT2D eigenvalue weighted by molar-refractivity contribution is 0.661. The molecule has 2 heterocycles. The maximum absolute atomic E-state index is 4.42. The van der Waals surface area contributed by atoms with Crippen LogP contribution in [0.5, 0.6) is 0 Å². The van der Waals surface area contributed by atoms with Gasteiger partial charge in [-0.25, -0.2) is 0 Å². The summed E-state index contributed by atoms with van der Waals surface area (Å²) in [5.41, 5.74) is 3.12. The molecule has 1 aliphatic carbocycles. The summed E-state index contributed by atoms with van der Waals surface area (Å²) < 4.78 is 2.10. The Hall–Kier alpha value is -1.45. The molecule has 2 aromatic rings. The molecule has 2 aromatic heterocycles. The molecule has 0 bridgehead atoms. The maximum Gasteiger partial charge on any atom is 0.0935 e. The van der Waals surface area contributed by atoms with Crippen LogP contribution < -0.4 is 0 Å². The van der Waals surface area contributed by atoms with Crippen molar-refractivity contribution in [2.24, 2.45) is 0 Å². The Morgan fingerprint density at radius 2 is 1.93 bits per heavy atom. The van der Waals surface area contributed by atoms with Gasteiger partial charge < -0.3 is 0 Å². The molecule has 0 radical (unpaired) electrons. The molecule has 14 heavy (non-hydrogen) atoms. The Bertz CT molecular complexity index is 496. The van der Waals surface area contributed by atoms with Gasteiger partial charge in [0, 0.05) is 5.39 Å². The molecule has 1 aliphatic rings. The second kappa shape index (κ2) is 2.53. The predicted molar refractivity (Wildman–Crippen MR) is 53.1 cm³/mol. The van der Waals surface area contributed by atoms with E-state index in [1.807, 2.05) is 20.0 Å². The molecule has 0 saturated heterocycles. The zero-order valence-corrected chi connectivity index (χ0v) is 8.36. The van der Waals surface area contributed by atoms with Crippen molar-refractivity contribution in [1.29, 1.82) is 0 Å².